The summed E-state index contributed by atoms with van der Waals surface area (Å²) in [5.41, 5.74) is 0.586. The standard InChI is InChI=1S/C9H11N3O5S2/c13-6(12-5-1-2-5)3-11-19(16,17)9-7(8(14)15)10-4-18-9/h4-5,11H,1-3H2,(H,12,13)(H,14,15). The van der Waals surface area contributed by atoms with Crippen molar-refractivity contribution < 1.29 is 23.1 Å². The van der Waals surface area contributed by atoms with Crippen LogP contribution in [0.2, 0.25) is 0 Å². The van der Waals surface area contributed by atoms with Crippen LogP contribution in [0.3, 0.4) is 0 Å². The van der Waals surface area contributed by atoms with Gasteiger partial charge in [0.15, 0.2) is 9.90 Å². The van der Waals surface area contributed by atoms with Gasteiger partial charge in [-0.15, -0.1) is 11.3 Å². The topological polar surface area (TPSA) is 125 Å². The highest BCUT2D eigenvalue weighted by molar-refractivity contribution is 7.91. The third-order valence-corrected chi connectivity index (χ3v) is 5.12. The molecule has 0 spiro atoms. The van der Waals surface area contributed by atoms with Crippen LogP contribution in [0.1, 0.15) is 23.3 Å². The fraction of sp³-hybridized carbons (Fsp3) is 0.444. The molecule has 0 aromatic carbocycles. The lowest BCUT2D eigenvalue weighted by atomic mass is 10.5. The zero-order valence-electron chi connectivity index (χ0n) is 9.62. The minimum Gasteiger partial charge on any atom is -0.476 e. The lowest BCUT2D eigenvalue weighted by Gasteiger charge is -2.05. The molecule has 1 fully saturated rings. The second kappa shape index (κ2) is 5.23. The van der Waals surface area contributed by atoms with Crippen molar-refractivity contribution in [1.82, 2.24) is 15.0 Å². The summed E-state index contributed by atoms with van der Waals surface area (Å²) in [6.45, 7) is -0.421. The van der Waals surface area contributed by atoms with E-state index in [4.69, 9.17) is 5.11 Å². The largest absolute Gasteiger partial charge is 0.476 e. The molecule has 1 aliphatic rings. The van der Waals surface area contributed by atoms with E-state index in [0.29, 0.717) is 11.3 Å². The molecule has 1 heterocycles. The van der Waals surface area contributed by atoms with Gasteiger partial charge in [0.05, 0.1) is 12.1 Å². The van der Waals surface area contributed by atoms with E-state index in [-0.39, 0.29) is 6.04 Å². The summed E-state index contributed by atoms with van der Waals surface area (Å²) in [5, 5.41) is 11.4. The van der Waals surface area contributed by atoms with E-state index in [0.717, 1.165) is 18.4 Å². The van der Waals surface area contributed by atoms with E-state index in [9.17, 15) is 18.0 Å². The van der Waals surface area contributed by atoms with Crippen molar-refractivity contribution >= 4 is 33.2 Å². The van der Waals surface area contributed by atoms with Gasteiger partial charge in [-0.05, 0) is 12.8 Å². The van der Waals surface area contributed by atoms with Gasteiger partial charge in [0, 0.05) is 6.04 Å². The Labute approximate surface area is 112 Å². The molecule has 10 heteroatoms. The quantitative estimate of drug-likeness (QED) is 0.644. The summed E-state index contributed by atoms with van der Waals surface area (Å²) in [6, 6.07) is 0.134. The van der Waals surface area contributed by atoms with Crippen LogP contribution in [0.4, 0.5) is 0 Å². The van der Waals surface area contributed by atoms with Gasteiger partial charge in [-0.2, -0.15) is 0 Å². The molecule has 1 amide bonds. The zero-order chi connectivity index (χ0) is 14.0. The van der Waals surface area contributed by atoms with Crippen LogP contribution in [0, 0.1) is 0 Å². The second-order valence-corrected chi connectivity index (χ2v) is 6.78. The Morgan fingerprint density at radius 2 is 2.16 bits per heavy atom. The number of nitrogens with zero attached hydrogens (tertiary/aromatic N) is 1. The molecule has 1 aromatic rings. The number of nitrogens with one attached hydrogen (secondary N) is 2. The molecule has 0 bridgehead atoms. The number of carbonyl (C=O) groups excluding carboxylic acids is 1. The van der Waals surface area contributed by atoms with Crippen molar-refractivity contribution in [3.8, 4) is 0 Å². The predicted molar refractivity (Wildman–Crippen MR) is 65.4 cm³/mol. The number of amides is 1. The number of hydrogen-bond acceptors (Lipinski definition) is 6. The maximum Gasteiger partial charge on any atom is 0.356 e. The first-order valence-electron chi connectivity index (χ1n) is 5.36. The van der Waals surface area contributed by atoms with Gasteiger partial charge in [0.1, 0.15) is 0 Å². The molecule has 0 atom stereocenters. The van der Waals surface area contributed by atoms with Crippen LogP contribution in [-0.4, -0.2) is 43.0 Å². The molecule has 1 aromatic heterocycles. The number of thiazole rings is 1. The van der Waals surface area contributed by atoms with Crippen molar-refractivity contribution in [1.29, 1.82) is 0 Å². The van der Waals surface area contributed by atoms with Gasteiger partial charge in [0.25, 0.3) is 10.0 Å². The SMILES string of the molecule is O=C(CNS(=O)(=O)c1scnc1C(=O)O)NC1CC1. The monoisotopic (exact) mass is 305 g/mol. The number of sulfonamides is 1. The van der Waals surface area contributed by atoms with Gasteiger partial charge in [0.2, 0.25) is 5.91 Å². The number of carbonyl (C=O) groups is 2. The average molecular weight is 305 g/mol. The molecule has 1 aliphatic carbocycles. The van der Waals surface area contributed by atoms with Gasteiger partial charge < -0.3 is 10.4 Å². The van der Waals surface area contributed by atoms with Crippen molar-refractivity contribution in [2.24, 2.45) is 0 Å². The average Bonchev–Trinajstić information content (AvgIpc) is 2.97. The van der Waals surface area contributed by atoms with E-state index in [1.54, 1.807) is 0 Å². The molecule has 2 rings (SSSR count). The normalized spacial score (nSPS) is 15.2. The molecule has 0 aliphatic heterocycles. The van der Waals surface area contributed by atoms with Gasteiger partial charge >= 0.3 is 5.97 Å². The second-order valence-electron chi connectivity index (χ2n) is 3.96. The van der Waals surface area contributed by atoms with Gasteiger partial charge in [-0.3, -0.25) is 4.79 Å². The van der Waals surface area contributed by atoms with Crippen LogP contribution < -0.4 is 10.0 Å². The number of carboxylic acids is 1. The fourth-order valence-electron chi connectivity index (χ4n) is 1.30. The van der Waals surface area contributed by atoms with Crippen molar-refractivity contribution in [3.63, 3.8) is 0 Å². The van der Waals surface area contributed by atoms with E-state index in [1.165, 1.54) is 0 Å². The smallest absolute Gasteiger partial charge is 0.356 e. The molecular formula is C9H11N3O5S2. The highest BCUT2D eigenvalue weighted by atomic mass is 32.2. The summed E-state index contributed by atoms with van der Waals surface area (Å²) in [7, 11) is -4.04. The Hall–Kier alpha value is -1.52. The summed E-state index contributed by atoms with van der Waals surface area (Å²) in [4.78, 5) is 25.6. The highest BCUT2D eigenvalue weighted by Crippen LogP contribution is 2.20. The van der Waals surface area contributed by atoms with Crippen LogP contribution in [-0.2, 0) is 14.8 Å². The Balaban J connectivity index is 2.02. The zero-order valence-corrected chi connectivity index (χ0v) is 11.3. The van der Waals surface area contributed by atoms with Gasteiger partial charge in [-0.25, -0.2) is 22.9 Å². The molecule has 0 unspecified atom stereocenters. The van der Waals surface area contributed by atoms with Crippen molar-refractivity contribution in [3.05, 3.63) is 11.2 Å². The predicted octanol–water partition coefficient (Wildman–Crippen LogP) is -0.602. The van der Waals surface area contributed by atoms with Gasteiger partial charge in [-0.1, -0.05) is 0 Å². The summed E-state index contributed by atoms with van der Waals surface area (Å²) in [6.07, 6.45) is 1.80. The maximum atomic E-state index is 11.8. The highest BCUT2D eigenvalue weighted by Gasteiger charge is 2.27. The fourth-order valence-corrected chi connectivity index (χ4v) is 3.47. The Morgan fingerprint density at radius 3 is 2.74 bits per heavy atom. The van der Waals surface area contributed by atoms with E-state index in [2.05, 4.69) is 15.0 Å². The van der Waals surface area contributed by atoms with Crippen molar-refractivity contribution in [2.45, 2.75) is 23.1 Å². The molecular weight excluding hydrogens is 294 g/mol. The number of aromatic nitrogens is 1. The Bertz CT molecular complexity index is 605. The lowest BCUT2D eigenvalue weighted by Crippen LogP contribution is -2.37. The molecule has 0 radical (unpaired) electrons. The molecule has 8 nitrogen and oxygen atoms in total. The molecule has 104 valence electrons. The molecule has 19 heavy (non-hydrogen) atoms. The van der Waals surface area contributed by atoms with E-state index >= 15 is 0 Å². The van der Waals surface area contributed by atoms with Crippen LogP contribution in [0.15, 0.2) is 9.72 Å². The first-order chi connectivity index (χ1) is 8.90. The first kappa shape index (κ1) is 13.9. The number of carboxylic acid groups (broad SMARTS) is 1. The number of rotatable bonds is 6. The van der Waals surface area contributed by atoms with Crippen LogP contribution >= 0.6 is 11.3 Å². The Kier molecular flexibility index (Phi) is 3.83. The summed E-state index contributed by atoms with van der Waals surface area (Å²) < 4.78 is 25.3. The summed E-state index contributed by atoms with van der Waals surface area (Å²) in [5.74, 6) is -1.86. The lowest BCUT2D eigenvalue weighted by molar-refractivity contribution is -0.120. The summed E-state index contributed by atoms with van der Waals surface area (Å²) >= 11 is 0.689. The van der Waals surface area contributed by atoms with Crippen molar-refractivity contribution in [2.75, 3.05) is 6.54 Å². The molecule has 3 N–H and O–H groups in total. The van der Waals surface area contributed by atoms with Crippen LogP contribution in [0.5, 0.6) is 0 Å². The molecule has 0 saturated heterocycles. The maximum absolute atomic E-state index is 11.8. The number of aromatic carboxylic acids is 1. The Morgan fingerprint density at radius 1 is 1.47 bits per heavy atom. The number of hydrogen-bond donors (Lipinski definition) is 3. The molecule has 1 saturated carbocycles. The van der Waals surface area contributed by atoms with Crippen LogP contribution in [0.25, 0.3) is 0 Å². The minimum atomic E-state index is -4.04. The minimum absolute atomic E-state index is 0.134. The van der Waals surface area contributed by atoms with E-state index < -0.39 is 38.3 Å². The first-order valence-corrected chi connectivity index (χ1v) is 7.72. The van der Waals surface area contributed by atoms with E-state index in [1.807, 2.05) is 0 Å². The third-order valence-electron chi connectivity index (χ3n) is 2.35. The third kappa shape index (κ3) is 3.49.